The summed E-state index contributed by atoms with van der Waals surface area (Å²) in [7, 11) is 1.78. The van der Waals surface area contributed by atoms with E-state index in [0.29, 0.717) is 6.54 Å². The number of benzene rings is 2. The van der Waals surface area contributed by atoms with Gasteiger partial charge in [0.15, 0.2) is 0 Å². The molecule has 10 heteroatoms. The van der Waals surface area contributed by atoms with Crippen molar-refractivity contribution in [3.8, 4) is 11.1 Å². The van der Waals surface area contributed by atoms with Crippen molar-refractivity contribution in [1.82, 2.24) is 15.5 Å². The summed E-state index contributed by atoms with van der Waals surface area (Å²) >= 11 is 0. The molecule has 4 N–H and O–H groups in total. The summed E-state index contributed by atoms with van der Waals surface area (Å²) in [5.74, 6) is -1.16. The highest BCUT2D eigenvalue weighted by Crippen LogP contribution is 2.28. The number of carbonyl (C=O) groups is 4. The number of primary amides is 1. The van der Waals surface area contributed by atoms with Gasteiger partial charge < -0.3 is 30.7 Å². The smallest absolute Gasteiger partial charge is 0.408 e. The van der Waals surface area contributed by atoms with Gasteiger partial charge in [-0.05, 0) is 55.2 Å². The van der Waals surface area contributed by atoms with Crippen LogP contribution in [0.2, 0.25) is 0 Å². The van der Waals surface area contributed by atoms with Crippen LogP contribution >= 0.6 is 0 Å². The molecule has 0 aromatic heterocycles. The number of amides is 4. The average Bonchev–Trinajstić information content (AvgIpc) is 3.15. The van der Waals surface area contributed by atoms with Crippen LogP contribution < -0.4 is 16.4 Å². The van der Waals surface area contributed by atoms with E-state index in [1.54, 1.807) is 32.7 Å². The molecule has 2 aliphatic rings. The second-order valence-electron chi connectivity index (χ2n) is 11.2. The SMILES string of the molecule is CN1Cc2cc(-c3ccc(C[C@H](NC(=O)C4(NC(=O)OC(C)(C)C)CCOCC4)C(N)=O)cc3)ccc2C1=O. The van der Waals surface area contributed by atoms with Crippen molar-refractivity contribution in [1.29, 1.82) is 0 Å². The zero-order valence-corrected chi connectivity index (χ0v) is 22.8. The summed E-state index contributed by atoms with van der Waals surface area (Å²) in [6.45, 7) is 6.35. The molecule has 4 rings (SSSR count). The van der Waals surface area contributed by atoms with Crippen molar-refractivity contribution in [2.24, 2.45) is 5.73 Å². The Kier molecular flexibility index (Phi) is 7.96. The molecule has 0 saturated carbocycles. The Bertz CT molecular complexity index is 1260. The van der Waals surface area contributed by atoms with E-state index in [2.05, 4.69) is 10.6 Å². The maximum atomic E-state index is 13.4. The second kappa shape index (κ2) is 11.1. The molecule has 39 heavy (non-hydrogen) atoms. The molecule has 0 unspecified atom stereocenters. The number of nitrogens with one attached hydrogen (secondary N) is 2. The lowest BCUT2D eigenvalue weighted by atomic mass is 9.88. The number of ether oxygens (including phenoxy) is 2. The Hall–Kier alpha value is -3.92. The first kappa shape index (κ1) is 28.1. The van der Waals surface area contributed by atoms with Crippen LogP contribution in [-0.4, -0.2) is 66.2 Å². The fourth-order valence-corrected chi connectivity index (χ4v) is 4.86. The van der Waals surface area contributed by atoms with Gasteiger partial charge in [-0.2, -0.15) is 0 Å². The van der Waals surface area contributed by atoms with E-state index in [4.69, 9.17) is 15.2 Å². The van der Waals surface area contributed by atoms with Crippen LogP contribution in [0.5, 0.6) is 0 Å². The van der Waals surface area contributed by atoms with Crippen LogP contribution in [0.25, 0.3) is 11.1 Å². The van der Waals surface area contributed by atoms with E-state index in [0.717, 1.165) is 27.8 Å². The Labute approximate surface area is 228 Å². The van der Waals surface area contributed by atoms with Crippen LogP contribution in [0.15, 0.2) is 42.5 Å². The van der Waals surface area contributed by atoms with Gasteiger partial charge >= 0.3 is 6.09 Å². The molecular formula is C29H36N4O6. The van der Waals surface area contributed by atoms with Crippen LogP contribution in [0, 0.1) is 0 Å². The quantitative estimate of drug-likeness (QED) is 0.497. The predicted octanol–water partition coefficient (Wildman–Crippen LogP) is 2.53. The Morgan fingerprint density at radius 2 is 1.72 bits per heavy atom. The zero-order valence-electron chi connectivity index (χ0n) is 22.8. The van der Waals surface area contributed by atoms with Gasteiger partial charge in [-0.15, -0.1) is 0 Å². The van der Waals surface area contributed by atoms with Gasteiger partial charge in [-0.1, -0.05) is 30.3 Å². The third-order valence-electron chi connectivity index (χ3n) is 6.99. The Balaban J connectivity index is 1.46. The van der Waals surface area contributed by atoms with E-state index in [1.807, 2.05) is 42.5 Å². The van der Waals surface area contributed by atoms with Crippen molar-refractivity contribution in [3.63, 3.8) is 0 Å². The van der Waals surface area contributed by atoms with Crippen LogP contribution in [0.4, 0.5) is 4.79 Å². The number of alkyl carbamates (subject to hydrolysis) is 1. The molecule has 0 aliphatic carbocycles. The molecule has 10 nitrogen and oxygen atoms in total. The van der Waals surface area contributed by atoms with Crippen molar-refractivity contribution in [2.75, 3.05) is 20.3 Å². The molecule has 0 spiro atoms. The summed E-state index contributed by atoms with van der Waals surface area (Å²) in [5.41, 5.74) is 8.12. The molecule has 1 fully saturated rings. The van der Waals surface area contributed by atoms with E-state index in [-0.39, 0.29) is 38.4 Å². The predicted molar refractivity (Wildman–Crippen MR) is 145 cm³/mol. The Morgan fingerprint density at radius 1 is 1.08 bits per heavy atom. The number of hydrogen-bond donors (Lipinski definition) is 3. The normalized spacial score (nSPS) is 17.2. The summed E-state index contributed by atoms with van der Waals surface area (Å²) < 4.78 is 10.8. The first-order valence-corrected chi connectivity index (χ1v) is 13.0. The highest BCUT2D eigenvalue weighted by molar-refractivity contribution is 5.98. The number of carbonyl (C=O) groups excluding carboxylic acids is 4. The van der Waals surface area contributed by atoms with Crippen molar-refractivity contribution in [3.05, 3.63) is 59.2 Å². The summed E-state index contributed by atoms with van der Waals surface area (Å²) in [6, 6.07) is 12.4. The molecule has 208 valence electrons. The maximum absolute atomic E-state index is 13.4. The lowest BCUT2D eigenvalue weighted by Crippen LogP contribution is -2.64. The number of fused-ring (bicyclic) bond motifs is 1. The van der Waals surface area contributed by atoms with Gasteiger partial charge in [0.25, 0.3) is 5.91 Å². The Morgan fingerprint density at radius 3 is 2.33 bits per heavy atom. The van der Waals surface area contributed by atoms with Gasteiger partial charge in [-0.25, -0.2) is 4.79 Å². The highest BCUT2D eigenvalue weighted by Gasteiger charge is 2.43. The molecule has 2 aliphatic heterocycles. The number of hydrogen-bond acceptors (Lipinski definition) is 6. The monoisotopic (exact) mass is 536 g/mol. The summed E-state index contributed by atoms with van der Waals surface area (Å²) in [4.78, 5) is 52.1. The molecule has 2 aromatic carbocycles. The van der Waals surface area contributed by atoms with Gasteiger partial charge in [0.1, 0.15) is 17.2 Å². The van der Waals surface area contributed by atoms with Gasteiger partial charge in [0.2, 0.25) is 11.8 Å². The van der Waals surface area contributed by atoms with E-state index in [1.165, 1.54) is 0 Å². The molecular weight excluding hydrogens is 500 g/mol. The van der Waals surface area contributed by atoms with Crippen LogP contribution in [0.1, 0.15) is 55.1 Å². The second-order valence-corrected chi connectivity index (χ2v) is 11.2. The fraction of sp³-hybridized carbons (Fsp3) is 0.448. The lowest BCUT2D eigenvalue weighted by Gasteiger charge is -2.37. The van der Waals surface area contributed by atoms with Gasteiger partial charge in [-0.3, -0.25) is 14.4 Å². The highest BCUT2D eigenvalue weighted by atomic mass is 16.6. The van der Waals surface area contributed by atoms with Crippen LogP contribution in [-0.2, 0) is 32.0 Å². The number of nitrogens with two attached hydrogens (primary N) is 1. The molecule has 4 amide bonds. The third kappa shape index (κ3) is 6.57. The first-order valence-electron chi connectivity index (χ1n) is 13.0. The first-order chi connectivity index (χ1) is 18.4. The fourth-order valence-electron chi connectivity index (χ4n) is 4.86. The molecule has 0 radical (unpaired) electrons. The van der Waals surface area contributed by atoms with Crippen molar-refractivity contribution < 1.29 is 28.7 Å². The molecule has 1 saturated heterocycles. The minimum Gasteiger partial charge on any atom is -0.444 e. The van der Waals surface area contributed by atoms with Gasteiger partial charge in [0, 0.05) is 51.6 Å². The van der Waals surface area contributed by atoms with Crippen molar-refractivity contribution in [2.45, 2.75) is 63.8 Å². The minimum absolute atomic E-state index is 0.0234. The molecule has 1 atom stereocenters. The van der Waals surface area contributed by atoms with E-state index < -0.39 is 35.1 Å². The minimum atomic E-state index is -1.28. The largest absolute Gasteiger partial charge is 0.444 e. The maximum Gasteiger partial charge on any atom is 0.408 e. The average molecular weight is 537 g/mol. The molecule has 2 heterocycles. The zero-order chi connectivity index (χ0) is 28.4. The number of rotatable bonds is 7. The van der Waals surface area contributed by atoms with E-state index >= 15 is 0 Å². The standard InChI is InChI=1S/C29H36N4O6/c1-28(2,3)39-27(37)32-29(11-13-38-14-12-29)26(36)31-23(24(30)34)15-18-5-7-19(8-6-18)20-9-10-22-21(16-20)17-33(4)25(22)35/h5-10,16,23H,11-15,17H2,1-4H3,(H2,30,34)(H,31,36)(H,32,37)/t23-/m0/s1. The van der Waals surface area contributed by atoms with Crippen molar-refractivity contribution >= 4 is 23.8 Å². The van der Waals surface area contributed by atoms with E-state index in [9.17, 15) is 19.2 Å². The third-order valence-corrected chi connectivity index (χ3v) is 6.99. The topological polar surface area (TPSA) is 140 Å². The molecule has 0 bridgehead atoms. The van der Waals surface area contributed by atoms with Crippen LogP contribution in [0.3, 0.4) is 0 Å². The summed E-state index contributed by atoms with van der Waals surface area (Å²) in [6.07, 6.45) is -0.0571. The lowest BCUT2D eigenvalue weighted by molar-refractivity contribution is -0.135. The van der Waals surface area contributed by atoms with Gasteiger partial charge in [0.05, 0.1) is 0 Å². The summed E-state index contributed by atoms with van der Waals surface area (Å²) in [5, 5.41) is 5.47. The number of nitrogens with zero attached hydrogens (tertiary/aromatic N) is 1. The molecule has 2 aromatic rings.